The number of nitro benzene ring substituents is 1. The molecule has 1 N–H and O–H groups in total. The first-order chi connectivity index (χ1) is 13.5. The van der Waals surface area contributed by atoms with Crippen LogP contribution in [0, 0.1) is 21.4 Å². The smallest absolute Gasteiger partial charge is 0.269 e. The lowest BCUT2D eigenvalue weighted by Crippen LogP contribution is -2.49. The first kappa shape index (κ1) is 19.5. The molecule has 0 bridgehead atoms. The Morgan fingerprint density at radius 2 is 1.93 bits per heavy atom. The van der Waals surface area contributed by atoms with Gasteiger partial charge in [-0.2, -0.15) is 5.26 Å². The largest absolute Gasteiger partial charge is 0.491 e. The topological polar surface area (TPSA) is 116 Å². The molecule has 1 aromatic heterocycles. The molecule has 1 aromatic carbocycles. The summed E-state index contributed by atoms with van der Waals surface area (Å²) < 4.78 is 5.51. The standard InChI is InChI=1S/C19H21N5O4/c20-11-15-1-6-19(21-12-15)23-9-7-22(8-10-23)13-17(25)14-28-18-4-2-16(3-5-18)24(26)27/h1-6,12,17,25H,7-10,13-14H2. The average molecular weight is 383 g/mol. The molecule has 3 rings (SSSR count). The minimum atomic E-state index is -0.658. The van der Waals surface area contributed by atoms with Gasteiger partial charge in [-0.3, -0.25) is 15.0 Å². The molecular weight excluding hydrogens is 362 g/mol. The molecule has 9 nitrogen and oxygen atoms in total. The molecule has 1 aliphatic rings. The van der Waals surface area contributed by atoms with E-state index in [1.807, 2.05) is 6.07 Å². The second kappa shape index (κ2) is 9.12. The van der Waals surface area contributed by atoms with Crippen molar-refractivity contribution in [1.82, 2.24) is 9.88 Å². The number of benzene rings is 1. The normalized spacial score (nSPS) is 15.6. The molecule has 0 amide bonds. The third-order valence-corrected chi connectivity index (χ3v) is 4.53. The van der Waals surface area contributed by atoms with E-state index in [0.717, 1.165) is 32.0 Å². The van der Waals surface area contributed by atoms with Crippen molar-refractivity contribution in [2.24, 2.45) is 0 Å². The third kappa shape index (κ3) is 5.16. The van der Waals surface area contributed by atoms with E-state index in [1.54, 1.807) is 12.3 Å². The molecule has 0 saturated carbocycles. The highest BCUT2D eigenvalue weighted by Crippen LogP contribution is 2.18. The number of aliphatic hydroxyl groups is 1. The zero-order valence-corrected chi connectivity index (χ0v) is 15.3. The second-order valence-corrected chi connectivity index (χ2v) is 6.52. The van der Waals surface area contributed by atoms with Gasteiger partial charge in [0.2, 0.25) is 0 Å². The molecule has 2 aromatic rings. The van der Waals surface area contributed by atoms with Gasteiger partial charge in [0.15, 0.2) is 0 Å². The van der Waals surface area contributed by atoms with Crippen LogP contribution in [0.5, 0.6) is 5.75 Å². The van der Waals surface area contributed by atoms with Crippen molar-refractivity contribution in [3.8, 4) is 11.8 Å². The fraction of sp³-hybridized carbons (Fsp3) is 0.368. The molecule has 1 fully saturated rings. The van der Waals surface area contributed by atoms with Gasteiger partial charge in [0.25, 0.3) is 5.69 Å². The second-order valence-electron chi connectivity index (χ2n) is 6.52. The fourth-order valence-corrected chi connectivity index (χ4v) is 3.01. The van der Waals surface area contributed by atoms with E-state index in [-0.39, 0.29) is 12.3 Å². The number of nitro groups is 1. The molecule has 146 valence electrons. The van der Waals surface area contributed by atoms with Gasteiger partial charge in [-0.25, -0.2) is 4.98 Å². The van der Waals surface area contributed by atoms with Gasteiger partial charge in [0.1, 0.15) is 30.3 Å². The first-order valence-corrected chi connectivity index (χ1v) is 8.94. The van der Waals surface area contributed by atoms with Crippen LogP contribution in [0.1, 0.15) is 5.56 Å². The molecule has 0 spiro atoms. The number of ether oxygens (including phenoxy) is 1. The monoisotopic (exact) mass is 383 g/mol. The fourth-order valence-electron chi connectivity index (χ4n) is 3.01. The zero-order valence-electron chi connectivity index (χ0n) is 15.3. The number of hydrogen-bond acceptors (Lipinski definition) is 8. The molecule has 28 heavy (non-hydrogen) atoms. The lowest BCUT2D eigenvalue weighted by Gasteiger charge is -2.36. The molecule has 0 aliphatic carbocycles. The summed E-state index contributed by atoms with van der Waals surface area (Å²) in [5.41, 5.74) is 0.543. The van der Waals surface area contributed by atoms with E-state index in [0.29, 0.717) is 17.9 Å². The first-order valence-electron chi connectivity index (χ1n) is 8.94. The predicted molar refractivity (Wildman–Crippen MR) is 102 cm³/mol. The van der Waals surface area contributed by atoms with Gasteiger partial charge in [-0.15, -0.1) is 0 Å². The summed E-state index contributed by atoms with van der Waals surface area (Å²) in [6, 6.07) is 11.5. The summed E-state index contributed by atoms with van der Waals surface area (Å²) in [5.74, 6) is 1.34. The minimum Gasteiger partial charge on any atom is -0.491 e. The van der Waals surface area contributed by atoms with Crippen molar-refractivity contribution in [3.05, 3.63) is 58.3 Å². The summed E-state index contributed by atoms with van der Waals surface area (Å²) in [6.45, 7) is 3.76. The average Bonchev–Trinajstić information content (AvgIpc) is 2.73. The van der Waals surface area contributed by atoms with E-state index in [2.05, 4.69) is 20.9 Å². The molecule has 1 saturated heterocycles. The van der Waals surface area contributed by atoms with E-state index < -0.39 is 11.0 Å². The van der Waals surface area contributed by atoms with Crippen LogP contribution >= 0.6 is 0 Å². The van der Waals surface area contributed by atoms with Crippen molar-refractivity contribution in [2.75, 3.05) is 44.2 Å². The van der Waals surface area contributed by atoms with Crippen LogP contribution < -0.4 is 9.64 Å². The van der Waals surface area contributed by atoms with Crippen molar-refractivity contribution in [1.29, 1.82) is 5.26 Å². The Balaban J connectivity index is 1.41. The number of aliphatic hydroxyl groups excluding tert-OH is 1. The molecular formula is C19H21N5O4. The Morgan fingerprint density at radius 3 is 2.50 bits per heavy atom. The molecule has 1 unspecified atom stereocenters. The van der Waals surface area contributed by atoms with Crippen molar-refractivity contribution in [2.45, 2.75) is 6.10 Å². The van der Waals surface area contributed by atoms with E-state index in [4.69, 9.17) is 10.00 Å². The number of nitrogens with zero attached hydrogens (tertiary/aromatic N) is 5. The summed E-state index contributed by atoms with van der Waals surface area (Å²) >= 11 is 0. The van der Waals surface area contributed by atoms with Gasteiger partial charge in [0, 0.05) is 51.1 Å². The number of piperazine rings is 1. The van der Waals surface area contributed by atoms with Crippen LogP contribution in [0.2, 0.25) is 0 Å². The number of rotatable bonds is 7. The molecule has 2 heterocycles. The maximum Gasteiger partial charge on any atom is 0.269 e. The van der Waals surface area contributed by atoms with Crippen molar-refractivity contribution in [3.63, 3.8) is 0 Å². The number of β-amino-alcohol motifs (C(OH)–C–C–N with tert-alkyl or cyclic N) is 1. The number of hydrogen-bond donors (Lipinski definition) is 1. The Kier molecular flexibility index (Phi) is 6.37. The Hall–Kier alpha value is -3.22. The van der Waals surface area contributed by atoms with E-state index in [1.165, 1.54) is 24.3 Å². The quantitative estimate of drug-likeness (QED) is 0.564. The van der Waals surface area contributed by atoms with Gasteiger partial charge < -0.3 is 14.7 Å². The zero-order chi connectivity index (χ0) is 19.9. The highest BCUT2D eigenvalue weighted by Gasteiger charge is 2.20. The number of aromatic nitrogens is 1. The highest BCUT2D eigenvalue weighted by atomic mass is 16.6. The predicted octanol–water partition coefficient (Wildman–Crippen LogP) is 1.42. The van der Waals surface area contributed by atoms with Crippen LogP contribution in [0.4, 0.5) is 11.5 Å². The summed E-state index contributed by atoms with van der Waals surface area (Å²) in [5, 5.41) is 29.7. The van der Waals surface area contributed by atoms with E-state index in [9.17, 15) is 15.2 Å². The lowest BCUT2D eigenvalue weighted by atomic mass is 10.2. The summed E-state index contributed by atoms with van der Waals surface area (Å²) in [7, 11) is 0. The minimum absolute atomic E-state index is 0.00234. The molecule has 0 radical (unpaired) electrons. The number of anilines is 1. The van der Waals surface area contributed by atoms with Crippen LogP contribution in [-0.4, -0.2) is 65.3 Å². The third-order valence-electron chi connectivity index (χ3n) is 4.53. The van der Waals surface area contributed by atoms with E-state index >= 15 is 0 Å². The Morgan fingerprint density at radius 1 is 1.21 bits per heavy atom. The maximum absolute atomic E-state index is 10.6. The van der Waals surface area contributed by atoms with Gasteiger partial charge in [-0.1, -0.05) is 0 Å². The Labute approximate surface area is 162 Å². The summed E-state index contributed by atoms with van der Waals surface area (Å²) in [4.78, 5) is 18.8. The van der Waals surface area contributed by atoms with Crippen molar-refractivity contribution < 1.29 is 14.8 Å². The number of pyridine rings is 1. The van der Waals surface area contributed by atoms with Crippen LogP contribution in [-0.2, 0) is 0 Å². The number of non-ortho nitro benzene ring substituents is 1. The van der Waals surface area contributed by atoms with Crippen molar-refractivity contribution >= 4 is 11.5 Å². The highest BCUT2D eigenvalue weighted by molar-refractivity contribution is 5.42. The molecule has 9 heteroatoms. The van der Waals surface area contributed by atoms with Gasteiger partial charge in [0.05, 0.1) is 10.5 Å². The van der Waals surface area contributed by atoms with Gasteiger partial charge in [-0.05, 0) is 24.3 Å². The summed E-state index contributed by atoms with van der Waals surface area (Å²) in [6.07, 6.45) is 0.913. The molecule has 1 atom stereocenters. The lowest BCUT2D eigenvalue weighted by molar-refractivity contribution is -0.384. The van der Waals surface area contributed by atoms with Gasteiger partial charge >= 0.3 is 0 Å². The van der Waals surface area contributed by atoms with Crippen LogP contribution in [0.15, 0.2) is 42.6 Å². The molecule has 1 aliphatic heterocycles. The van der Waals surface area contributed by atoms with Crippen LogP contribution in [0.3, 0.4) is 0 Å². The SMILES string of the molecule is N#Cc1ccc(N2CCN(CC(O)COc3ccc([N+](=O)[O-])cc3)CC2)nc1. The number of nitriles is 1. The van der Waals surface area contributed by atoms with Crippen LogP contribution in [0.25, 0.3) is 0 Å². The maximum atomic E-state index is 10.6. The Bertz CT molecular complexity index is 827.